The Labute approximate surface area is 125 Å². The number of hydrogen-bond acceptors (Lipinski definition) is 4. The van der Waals surface area contributed by atoms with Crippen molar-refractivity contribution in [1.29, 1.82) is 5.26 Å². The minimum absolute atomic E-state index is 0.555. The van der Waals surface area contributed by atoms with E-state index in [-0.39, 0.29) is 0 Å². The minimum Gasteiger partial charge on any atom is -0.491 e. The first-order chi connectivity index (χ1) is 10.3. The Morgan fingerprint density at radius 3 is 2.71 bits per heavy atom. The number of nitrogens with zero attached hydrogens (tertiary/aromatic N) is 3. The van der Waals surface area contributed by atoms with Gasteiger partial charge < -0.3 is 4.74 Å². The van der Waals surface area contributed by atoms with Crippen molar-refractivity contribution in [3.63, 3.8) is 0 Å². The molecule has 0 aliphatic heterocycles. The number of ether oxygens (including phenoxy) is 1. The van der Waals surface area contributed by atoms with Crippen LogP contribution in [0.1, 0.15) is 18.2 Å². The van der Waals surface area contributed by atoms with E-state index in [9.17, 15) is 0 Å². The molecule has 0 aliphatic carbocycles. The van der Waals surface area contributed by atoms with Crippen LogP contribution in [0.15, 0.2) is 48.7 Å². The highest BCUT2D eigenvalue weighted by molar-refractivity contribution is 5.42. The van der Waals surface area contributed by atoms with Gasteiger partial charge in [0.05, 0.1) is 11.3 Å². The lowest BCUT2D eigenvalue weighted by molar-refractivity contribution is 0.208. The van der Waals surface area contributed by atoms with Gasteiger partial charge in [-0.2, -0.15) is 5.26 Å². The Kier molecular flexibility index (Phi) is 5.74. The molecule has 0 radical (unpaired) electrons. The molecule has 1 heterocycles. The van der Waals surface area contributed by atoms with Gasteiger partial charge >= 0.3 is 0 Å². The molecule has 0 saturated carbocycles. The molecule has 4 nitrogen and oxygen atoms in total. The normalized spacial score (nSPS) is 10.3. The lowest BCUT2D eigenvalue weighted by atomic mass is 10.2. The molecule has 0 aliphatic rings. The summed E-state index contributed by atoms with van der Waals surface area (Å²) in [6.45, 7) is 5.21. The van der Waals surface area contributed by atoms with E-state index in [0.717, 1.165) is 25.3 Å². The maximum absolute atomic E-state index is 9.02. The fourth-order valence-electron chi connectivity index (χ4n) is 2.04. The van der Waals surface area contributed by atoms with Gasteiger partial charge in [-0.3, -0.25) is 9.88 Å². The van der Waals surface area contributed by atoms with Crippen LogP contribution in [-0.2, 0) is 6.54 Å². The fourth-order valence-corrected chi connectivity index (χ4v) is 2.04. The van der Waals surface area contributed by atoms with E-state index >= 15 is 0 Å². The van der Waals surface area contributed by atoms with Gasteiger partial charge in [-0.05, 0) is 30.8 Å². The number of aromatic nitrogens is 1. The molecular formula is C17H19N3O. The van der Waals surface area contributed by atoms with Crippen molar-refractivity contribution < 1.29 is 4.74 Å². The highest BCUT2D eigenvalue weighted by atomic mass is 16.5. The van der Waals surface area contributed by atoms with Gasteiger partial charge in [0.1, 0.15) is 18.4 Å². The summed E-state index contributed by atoms with van der Waals surface area (Å²) in [5.41, 5.74) is 1.63. The monoisotopic (exact) mass is 281 g/mol. The number of hydrogen-bond donors (Lipinski definition) is 0. The number of benzene rings is 1. The van der Waals surface area contributed by atoms with Crippen LogP contribution >= 0.6 is 0 Å². The summed E-state index contributed by atoms with van der Waals surface area (Å²) in [4.78, 5) is 6.60. The molecule has 1 aromatic carbocycles. The first-order valence-corrected chi connectivity index (χ1v) is 7.07. The van der Waals surface area contributed by atoms with Crippen molar-refractivity contribution in [3.8, 4) is 11.8 Å². The van der Waals surface area contributed by atoms with Crippen molar-refractivity contribution >= 4 is 0 Å². The molecule has 0 unspecified atom stereocenters. The third-order valence-corrected chi connectivity index (χ3v) is 3.23. The lowest BCUT2D eigenvalue weighted by Gasteiger charge is -2.20. The van der Waals surface area contributed by atoms with Crippen LogP contribution in [0.3, 0.4) is 0 Å². The molecular weight excluding hydrogens is 262 g/mol. The second-order valence-corrected chi connectivity index (χ2v) is 4.65. The van der Waals surface area contributed by atoms with Gasteiger partial charge in [0, 0.05) is 19.3 Å². The van der Waals surface area contributed by atoms with Crippen LogP contribution in [-0.4, -0.2) is 29.6 Å². The third-order valence-electron chi connectivity index (χ3n) is 3.23. The topological polar surface area (TPSA) is 49.1 Å². The van der Waals surface area contributed by atoms with Gasteiger partial charge in [0.25, 0.3) is 0 Å². The van der Waals surface area contributed by atoms with Gasteiger partial charge in [-0.25, -0.2) is 0 Å². The van der Waals surface area contributed by atoms with Crippen molar-refractivity contribution in [1.82, 2.24) is 9.88 Å². The second kappa shape index (κ2) is 8.03. The van der Waals surface area contributed by atoms with Crippen LogP contribution < -0.4 is 4.74 Å². The van der Waals surface area contributed by atoms with E-state index in [1.54, 1.807) is 6.07 Å². The van der Waals surface area contributed by atoms with Crippen molar-refractivity contribution in [3.05, 3.63) is 59.9 Å². The molecule has 2 aromatic rings. The zero-order valence-electron chi connectivity index (χ0n) is 12.2. The average Bonchev–Trinajstić information content (AvgIpc) is 2.55. The Morgan fingerprint density at radius 1 is 1.19 bits per heavy atom. The Morgan fingerprint density at radius 2 is 2.00 bits per heavy atom. The molecule has 108 valence electrons. The molecule has 0 bridgehead atoms. The number of rotatable bonds is 7. The van der Waals surface area contributed by atoms with Crippen molar-refractivity contribution in [2.24, 2.45) is 0 Å². The molecule has 4 heteroatoms. The summed E-state index contributed by atoms with van der Waals surface area (Å²) < 4.78 is 5.71. The van der Waals surface area contributed by atoms with E-state index < -0.39 is 0 Å². The van der Waals surface area contributed by atoms with E-state index in [1.807, 2.05) is 42.6 Å². The lowest BCUT2D eigenvalue weighted by Crippen LogP contribution is -2.28. The maximum Gasteiger partial charge on any atom is 0.137 e. The molecule has 2 rings (SSSR count). The Hall–Kier alpha value is -2.38. The SMILES string of the molecule is CCN(CCOc1ccccc1C#N)Cc1ccccn1. The van der Waals surface area contributed by atoms with Crippen LogP contribution in [0.2, 0.25) is 0 Å². The molecule has 0 fully saturated rings. The Bertz CT molecular complexity index is 592. The number of likely N-dealkylation sites (N-methyl/N-ethyl adjacent to an activating group) is 1. The summed E-state index contributed by atoms with van der Waals surface area (Å²) in [7, 11) is 0. The van der Waals surface area contributed by atoms with E-state index in [4.69, 9.17) is 10.00 Å². The third kappa shape index (κ3) is 4.59. The van der Waals surface area contributed by atoms with Gasteiger partial charge in [-0.15, -0.1) is 0 Å². The highest BCUT2D eigenvalue weighted by Gasteiger charge is 2.06. The standard InChI is InChI=1S/C17H19N3O/c1-2-20(14-16-8-5-6-10-19-16)11-12-21-17-9-4-3-7-15(17)13-18/h3-10H,2,11-12,14H2,1H3. The van der Waals surface area contributed by atoms with E-state index in [0.29, 0.717) is 17.9 Å². The van der Waals surface area contributed by atoms with E-state index in [1.165, 1.54) is 0 Å². The fraction of sp³-hybridized carbons (Fsp3) is 0.294. The quantitative estimate of drug-likeness (QED) is 0.783. The number of nitriles is 1. The number of pyridine rings is 1. The largest absolute Gasteiger partial charge is 0.491 e. The smallest absolute Gasteiger partial charge is 0.137 e. The molecule has 0 saturated heterocycles. The first kappa shape index (κ1) is 15.0. The van der Waals surface area contributed by atoms with Crippen LogP contribution in [0.5, 0.6) is 5.75 Å². The summed E-state index contributed by atoms with van der Waals surface area (Å²) in [6.07, 6.45) is 1.81. The maximum atomic E-state index is 9.02. The summed E-state index contributed by atoms with van der Waals surface area (Å²) in [5, 5.41) is 9.02. The highest BCUT2D eigenvalue weighted by Crippen LogP contribution is 2.16. The summed E-state index contributed by atoms with van der Waals surface area (Å²) >= 11 is 0. The summed E-state index contributed by atoms with van der Waals surface area (Å²) in [6, 6.07) is 15.4. The van der Waals surface area contributed by atoms with E-state index in [2.05, 4.69) is 22.9 Å². The molecule has 21 heavy (non-hydrogen) atoms. The van der Waals surface area contributed by atoms with Gasteiger partial charge in [-0.1, -0.05) is 25.1 Å². The zero-order valence-corrected chi connectivity index (χ0v) is 12.2. The second-order valence-electron chi connectivity index (χ2n) is 4.65. The molecule has 0 atom stereocenters. The minimum atomic E-state index is 0.555. The molecule has 0 N–H and O–H groups in total. The number of para-hydroxylation sites is 1. The van der Waals surface area contributed by atoms with Crippen molar-refractivity contribution in [2.75, 3.05) is 19.7 Å². The van der Waals surface area contributed by atoms with Gasteiger partial charge in [0.2, 0.25) is 0 Å². The molecule has 0 amide bonds. The molecule has 0 spiro atoms. The predicted molar refractivity (Wildman–Crippen MR) is 81.8 cm³/mol. The summed E-state index contributed by atoms with van der Waals surface area (Å²) in [5.74, 6) is 0.647. The molecule has 1 aromatic heterocycles. The average molecular weight is 281 g/mol. The predicted octanol–water partition coefficient (Wildman–Crippen LogP) is 2.85. The van der Waals surface area contributed by atoms with Crippen LogP contribution in [0.25, 0.3) is 0 Å². The Balaban J connectivity index is 1.85. The van der Waals surface area contributed by atoms with Crippen molar-refractivity contribution in [2.45, 2.75) is 13.5 Å². The zero-order chi connectivity index (χ0) is 14.9. The van der Waals surface area contributed by atoms with Crippen LogP contribution in [0, 0.1) is 11.3 Å². The van der Waals surface area contributed by atoms with Gasteiger partial charge in [0.15, 0.2) is 0 Å². The first-order valence-electron chi connectivity index (χ1n) is 7.07. The van der Waals surface area contributed by atoms with Crippen LogP contribution in [0.4, 0.5) is 0 Å².